The van der Waals surface area contributed by atoms with Crippen LogP contribution in [-0.2, 0) is 11.3 Å². The fourth-order valence-electron chi connectivity index (χ4n) is 3.97. The molecular weight excluding hydrogens is 390 g/mol. The topological polar surface area (TPSA) is 45.7 Å². The number of hydrogen-bond donors (Lipinski definition) is 0. The maximum Gasteiger partial charge on any atom is 0.185 e. The van der Waals surface area contributed by atoms with Crippen LogP contribution in [0.3, 0.4) is 0 Å². The number of morpholine rings is 1. The number of ether oxygens (including phenoxy) is 1. The zero-order valence-electron chi connectivity index (χ0n) is 16.3. The normalized spacial score (nSPS) is 21.0. The molecule has 1 aromatic heterocycles. The Morgan fingerprint density at radius 2 is 2.11 bits per heavy atom. The predicted molar refractivity (Wildman–Crippen MR) is 116 cm³/mol. The number of nitrogens with zero attached hydrogens (tertiary/aromatic N) is 3. The number of rotatable bonds is 6. The Hall–Kier alpha value is -1.41. The molecule has 0 amide bonds. The van der Waals surface area contributed by atoms with Crippen LogP contribution >= 0.6 is 23.1 Å². The van der Waals surface area contributed by atoms with E-state index in [1.54, 1.807) is 23.1 Å². The van der Waals surface area contributed by atoms with E-state index in [1.807, 2.05) is 36.7 Å². The molecule has 2 fully saturated rings. The van der Waals surface area contributed by atoms with Gasteiger partial charge in [-0.2, -0.15) is 0 Å². The van der Waals surface area contributed by atoms with Crippen molar-refractivity contribution in [2.75, 3.05) is 50.5 Å². The van der Waals surface area contributed by atoms with E-state index in [0.29, 0.717) is 5.78 Å². The number of carbonyl (C=O) groups excluding carboxylic acids is 1. The first kappa shape index (κ1) is 19.9. The van der Waals surface area contributed by atoms with Crippen molar-refractivity contribution in [3.8, 4) is 0 Å². The molecule has 0 unspecified atom stereocenters. The van der Waals surface area contributed by atoms with Gasteiger partial charge in [-0.25, -0.2) is 4.98 Å². The molecule has 0 bridgehead atoms. The van der Waals surface area contributed by atoms with Gasteiger partial charge in [-0.15, -0.1) is 23.1 Å². The van der Waals surface area contributed by atoms with Crippen LogP contribution in [0.1, 0.15) is 28.1 Å². The molecule has 2 aliphatic rings. The number of ketones is 1. The van der Waals surface area contributed by atoms with Crippen LogP contribution in [0.25, 0.3) is 0 Å². The highest BCUT2D eigenvalue weighted by molar-refractivity contribution is 7.98. The minimum Gasteiger partial charge on any atom is -0.378 e. The molecule has 0 spiro atoms. The Labute approximate surface area is 175 Å². The van der Waals surface area contributed by atoms with Crippen molar-refractivity contribution in [3.05, 3.63) is 40.9 Å². The van der Waals surface area contributed by atoms with Gasteiger partial charge in [0.25, 0.3) is 0 Å². The van der Waals surface area contributed by atoms with E-state index in [2.05, 4.69) is 14.8 Å². The number of Topliss-reactive ketones (excluding diaryl/α,β-unsaturated/α-hetero) is 1. The lowest BCUT2D eigenvalue weighted by atomic mass is 9.90. The number of piperidine rings is 1. The first-order valence-electron chi connectivity index (χ1n) is 9.91. The van der Waals surface area contributed by atoms with Gasteiger partial charge in [0.1, 0.15) is 0 Å². The summed E-state index contributed by atoms with van der Waals surface area (Å²) in [5, 5.41) is 1.09. The van der Waals surface area contributed by atoms with Crippen molar-refractivity contribution in [1.82, 2.24) is 9.88 Å². The third kappa shape index (κ3) is 4.59. The van der Waals surface area contributed by atoms with Gasteiger partial charge in [0.2, 0.25) is 0 Å². The minimum absolute atomic E-state index is 0.0914. The zero-order chi connectivity index (χ0) is 19.3. The van der Waals surface area contributed by atoms with Crippen LogP contribution in [0.2, 0.25) is 0 Å². The number of anilines is 1. The van der Waals surface area contributed by atoms with Crippen LogP contribution in [-0.4, -0.2) is 61.3 Å². The van der Waals surface area contributed by atoms with Gasteiger partial charge >= 0.3 is 0 Å². The van der Waals surface area contributed by atoms with Crippen molar-refractivity contribution in [3.63, 3.8) is 0 Å². The molecular formula is C21H27N3O2S2. The summed E-state index contributed by atoms with van der Waals surface area (Å²) in [6.45, 7) is 6.18. The summed E-state index contributed by atoms with van der Waals surface area (Å²) < 4.78 is 5.43. The third-order valence-electron chi connectivity index (χ3n) is 5.45. The van der Waals surface area contributed by atoms with Gasteiger partial charge in [0.15, 0.2) is 10.9 Å². The number of aromatic nitrogens is 1. The smallest absolute Gasteiger partial charge is 0.185 e. The van der Waals surface area contributed by atoms with E-state index >= 15 is 0 Å². The van der Waals surface area contributed by atoms with Crippen LogP contribution in [0, 0.1) is 5.92 Å². The van der Waals surface area contributed by atoms with E-state index < -0.39 is 0 Å². The van der Waals surface area contributed by atoms with Gasteiger partial charge in [-0.1, -0.05) is 18.2 Å². The summed E-state index contributed by atoms with van der Waals surface area (Å²) in [7, 11) is 0. The van der Waals surface area contributed by atoms with Crippen molar-refractivity contribution >= 4 is 34.0 Å². The van der Waals surface area contributed by atoms with Gasteiger partial charge in [0.05, 0.1) is 13.2 Å². The quantitative estimate of drug-likeness (QED) is 0.526. The van der Waals surface area contributed by atoms with E-state index in [9.17, 15) is 4.79 Å². The van der Waals surface area contributed by atoms with Crippen LogP contribution in [0.5, 0.6) is 0 Å². The van der Waals surface area contributed by atoms with Crippen molar-refractivity contribution in [2.24, 2.45) is 5.92 Å². The Balaban J connectivity index is 1.39. The molecule has 2 aromatic rings. The lowest BCUT2D eigenvalue weighted by Crippen LogP contribution is -2.38. The molecule has 0 radical (unpaired) electrons. The number of thioether (sulfide) groups is 1. The largest absolute Gasteiger partial charge is 0.378 e. The molecule has 1 aromatic carbocycles. The summed E-state index contributed by atoms with van der Waals surface area (Å²) in [4.78, 5) is 24.8. The number of hydrogen-bond acceptors (Lipinski definition) is 7. The SMILES string of the molecule is CSc1ccccc1C(=O)[C@@H]1CCCN(Cc2cnc(N3CCOCC3)s2)C1. The highest BCUT2D eigenvalue weighted by Gasteiger charge is 2.28. The molecule has 0 N–H and O–H groups in total. The minimum atomic E-state index is 0.0914. The summed E-state index contributed by atoms with van der Waals surface area (Å²) in [5.41, 5.74) is 0.884. The summed E-state index contributed by atoms with van der Waals surface area (Å²) in [6.07, 6.45) is 6.10. The molecule has 1 atom stereocenters. The van der Waals surface area contributed by atoms with Gasteiger partial charge < -0.3 is 9.64 Å². The fraction of sp³-hybridized carbons (Fsp3) is 0.524. The molecule has 4 rings (SSSR count). The molecule has 2 saturated heterocycles. The van der Waals surface area contributed by atoms with Gasteiger partial charge in [0, 0.05) is 53.6 Å². The monoisotopic (exact) mass is 417 g/mol. The second kappa shape index (κ2) is 9.39. The maximum atomic E-state index is 13.1. The van der Waals surface area contributed by atoms with E-state index in [1.165, 1.54) is 4.88 Å². The zero-order valence-corrected chi connectivity index (χ0v) is 17.9. The number of benzene rings is 1. The Kier molecular flexibility index (Phi) is 6.67. The van der Waals surface area contributed by atoms with E-state index in [0.717, 1.165) is 74.4 Å². The lowest BCUT2D eigenvalue weighted by molar-refractivity contribution is 0.0809. The predicted octanol–water partition coefficient (Wildman–Crippen LogP) is 3.80. The Bertz CT molecular complexity index is 804. The Morgan fingerprint density at radius 3 is 2.93 bits per heavy atom. The average molecular weight is 418 g/mol. The first-order chi connectivity index (χ1) is 13.7. The molecule has 2 aliphatic heterocycles. The maximum absolute atomic E-state index is 13.1. The first-order valence-corrected chi connectivity index (χ1v) is 12.0. The van der Waals surface area contributed by atoms with Crippen molar-refractivity contribution < 1.29 is 9.53 Å². The molecule has 7 heteroatoms. The summed E-state index contributed by atoms with van der Waals surface area (Å²) in [5.74, 6) is 0.390. The van der Waals surface area contributed by atoms with Crippen molar-refractivity contribution in [1.29, 1.82) is 0 Å². The highest BCUT2D eigenvalue weighted by Crippen LogP contribution is 2.29. The molecule has 28 heavy (non-hydrogen) atoms. The number of likely N-dealkylation sites (tertiary alicyclic amines) is 1. The molecule has 0 aliphatic carbocycles. The second-order valence-corrected chi connectivity index (χ2v) is 9.29. The van der Waals surface area contributed by atoms with Gasteiger partial charge in [-0.05, 0) is 31.7 Å². The number of carbonyl (C=O) groups is 1. The fourth-order valence-corrected chi connectivity index (χ4v) is 5.58. The van der Waals surface area contributed by atoms with Gasteiger partial charge in [-0.3, -0.25) is 9.69 Å². The second-order valence-electron chi connectivity index (χ2n) is 7.35. The molecule has 5 nitrogen and oxygen atoms in total. The molecule has 150 valence electrons. The van der Waals surface area contributed by atoms with Crippen LogP contribution in [0.15, 0.2) is 35.4 Å². The summed E-state index contributed by atoms with van der Waals surface area (Å²) in [6, 6.07) is 8.00. The van der Waals surface area contributed by atoms with E-state index in [-0.39, 0.29) is 5.92 Å². The lowest BCUT2D eigenvalue weighted by Gasteiger charge is -2.31. The highest BCUT2D eigenvalue weighted by atomic mass is 32.2. The third-order valence-corrected chi connectivity index (χ3v) is 7.29. The van der Waals surface area contributed by atoms with Crippen LogP contribution < -0.4 is 4.90 Å². The standard InChI is InChI=1S/C21H27N3O2S2/c1-27-19-7-3-2-6-18(19)20(25)16-5-4-8-23(14-16)15-17-13-22-21(28-17)24-9-11-26-12-10-24/h2-3,6-7,13,16H,4-5,8-12,14-15H2,1H3/t16-/m1/s1. The average Bonchev–Trinajstić information content (AvgIpc) is 3.22. The van der Waals surface area contributed by atoms with E-state index in [4.69, 9.17) is 4.74 Å². The number of thiazole rings is 1. The van der Waals surface area contributed by atoms with Crippen LogP contribution in [0.4, 0.5) is 5.13 Å². The molecule has 0 saturated carbocycles. The van der Waals surface area contributed by atoms with Crippen molar-refractivity contribution in [2.45, 2.75) is 24.3 Å². The molecule has 3 heterocycles. The summed E-state index contributed by atoms with van der Waals surface area (Å²) >= 11 is 3.43. The Morgan fingerprint density at radius 1 is 1.29 bits per heavy atom.